The molecular weight excluding hydrogens is 192 g/mol. The van der Waals surface area contributed by atoms with Gasteiger partial charge in [0.1, 0.15) is 0 Å². The van der Waals surface area contributed by atoms with Crippen molar-refractivity contribution in [3.63, 3.8) is 0 Å². The number of carbonyl (C=O) groups is 1. The molecule has 15 heavy (non-hydrogen) atoms. The van der Waals surface area contributed by atoms with Crippen LogP contribution in [0.2, 0.25) is 0 Å². The molecule has 1 rings (SSSR count). The summed E-state index contributed by atoms with van der Waals surface area (Å²) in [5.74, 6) is 0. The van der Waals surface area contributed by atoms with E-state index in [0.29, 0.717) is 13.0 Å². The van der Waals surface area contributed by atoms with E-state index in [1.807, 2.05) is 30.3 Å². The van der Waals surface area contributed by atoms with Crippen molar-refractivity contribution in [2.45, 2.75) is 12.5 Å². The van der Waals surface area contributed by atoms with Crippen molar-refractivity contribution in [2.75, 3.05) is 13.6 Å². The highest BCUT2D eigenvalue weighted by atomic mass is 16.4. The molecule has 0 spiro atoms. The summed E-state index contributed by atoms with van der Waals surface area (Å²) in [6.45, 7) is 0.331. The van der Waals surface area contributed by atoms with Crippen LogP contribution >= 0.6 is 0 Å². The summed E-state index contributed by atoms with van der Waals surface area (Å²) in [4.78, 5) is 12.0. The molecule has 0 unspecified atom stereocenters. The van der Waals surface area contributed by atoms with Gasteiger partial charge in [0.2, 0.25) is 0 Å². The second-order valence-corrected chi connectivity index (χ2v) is 3.47. The molecule has 1 amide bonds. The van der Waals surface area contributed by atoms with Gasteiger partial charge in [0, 0.05) is 13.6 Å². The Kier molecular flexibility index (Phi) is 4.12. The maximum atomic E-state index is 10.8. The summed E-state index contributed by atoms with van der Waals surface area (Å²) >= 11 is 0. The van der Waals surface area contributed by atoms with Gasteiger partial charge >= 0.3 is 6.09 Å². The molecule has 4 heteroatoms. The molecule has 0 radical (unpaired) electrons. The van der Waals surface area contributed by atoms with Crippen LogP contribution in [0.3, 0.4) is 0 Å². The van der Waals surface area contributed by atoms with Crippen LogP contribution in [0.1, 0.15) is 5.56 Å². The minimum atomic E-state index is -0.943. The molecule has 0 aliphatic heterocycles. The molecule has 0 aromatic heterocycles. The predicted molar refractivity (Wildman–Crippen MR) is 58.8 cm³/mol. The Balaban J connectivity index is 2.66. The summed E-state index contributed by atoms with van der Waals surface area (Å²) in [7, 11) is 1.54. The molecule has 0 saturated heterocycles. The lowest BCUT2D eigenvalue weighted by Gasteiger charge is -2.24. The van der Waals surface area contributed by atoms with Crippen molar-refractivity contribution in [2.24, 2.45) is 5.73 Å². The minimum Gasteiger partial charge on any atom is -0.465 e. The number of hydrogen-bond donors (Lipinski definition) is 2. The quantitative estimate of drug-likeness (QED) is 0.780. The van der Waals surface area contributed by atoms with Gasteiger partial charge in [-0.15, -0.1) is 0 Å². The van der Waals surface area contributed by atoms with Crippen molar-refractivity contribution < 1.29 is 9.90 Å². The SMILES string of the molecule is CN(C(=O)O)[C@@H](CN)Cc1ccccc1. The molecule has 1 aromatic carbocycles. The zero-order valence-electron chi connectivity index (χ0n) is 8.76. The number of benzene rings is 1. The van der Waals surface area contributed by atoms with E-state index in [1.165, 1.54) is 4.90 Å². The average Bonchev–Trinajstić information content (AvgIpc) is 2.26. The first-order chi connectivity index (χ1) is 7.15. The van der Waals surface area contributed by atoms with Gasteiger partial charge in [0.25, 0.3) is 0 Å². The van der Waals surface area contributed by atoms with Crippen LogP contribution in [-0.2, 0) is 6.42 Å². The first-order valence-corrected chi connectivity index (χ1v) is 4.85. The van der Waals surface area contributed by atoms with Gasteiger partial charge in [-0.1, -0.05) is 30.3 Å². The lowest BCUT2D eigenvalue weighted by Crippen LogP contribution is -2.42. The number of likely N-dealkylation sites (N-methyl/N-ethyl adjacent to an activating group) is 1. The number of amides is 1. The van der Waals surface area contributed by atoms with Gasteiger partial charge in [-0.05, 0) is 12.0 Å². The molecular formula is C11H16N2O2. The Morgan fingerprint density at radius 2 is 2.07 bits per heavy atom. The fourth-order valence-corrected chi connectivity index (χ4v) is 1.42. The third-order valence-electron chi connectivity index (χ3n) is 2.44. The topological polar surface area (TPSA) is 66.6 Å². The standard InChI is InChI=1S/C11H16N2O2/c1-13(11(14)15)10(8-12)7-9-5-3-2-4-6-9/h2-6,10H,7-8,12H2,1H3,(H,14,15)/t10-/m1/s1. The molecule has 1 aromatic rings. The first-order valence-electron chi connectivity index (χ1n) is 4.85. The Hall–Kier alpha value is -1.55. The van der Waals surface area contributed by atoms with Crippen molar-refractivity contribution >= 4 is 6.09 Å². The maximum Gasteiger partial charge on any atom is 0.407 e. The highest BCUT2D eigenvalue weighted by Gasteiger charge is 2.17. The third kappa shape index (κ3) is 3.25. The summed E-state index contributed by atoms with van der Waals surface area (Å²) in [6.07, 6.45) is -0.290. The predicted octanol–water partition coefficient (Wildman–Crippen LogP) is 1.17. The van der Waals surface area contributed by atoms with Crippen LogP contribution in [0.15, 0.2) is 30.3 Å². The molecule has 0 bridgehead atoms. The van der Waals surface area contributed by atoms with Gasteiger partial charge < -0.3 is 15.7 Å². The number of nitrogens with zero attached hydrogens (tertiary/aromatic N) is 1. The van der Waals surface area contributed by atoms with Crippen LogP contribution in [0, 0.1) is 0 Å². The normalized spacial score (nSPS) is 12.1. The molecule has 0 aliphatic carbocycles. The highest BCUT2D eigenvalue weighted by molar-refractivity contribution is 5.65. The Morgan fingerprint density at radius 1 is 1.47 bits per heavy atom. The zero-order valence-corrected chi connectivity index (χ0v) is 8.76. The Bertz CT molecular complexity index is 314. The van der Waals surface area contributed by atoms with Crippen molar-refractivity contribution in [3.05, 3.63) is 35.9 Å². The van der Waals surface area contributed by atoms with Gasteiger partial charge in [0.05, 0.1) is 6.04 Å². The van der Waals surface area contributed by atoms with Crippen LogP contribution in [0.5, 0.6) is 0 Å². The first kappa shape index (κ1) is 11.5. The van der Waals surface area contributed by atoms with Crippen molar-refractivity contribution in [1.82, 2.24) is 4.90 Å². The molecule has 0 heterocycles. The zero-order chi connectivity index (χ0) is 11.3. The van der Waals surface area contributed by atoms with Crippen LogP contribution in [0.25, 0.3) is 0 Å². The highest BCUT2D eigenvalue weighted by Crippen LogP contribution is 2.06. The van der Waals surface area contributed by atoms with Gasteiger partial charge in [-0.25, -0.2) is 4.79 Å². The maximum absolute atomic E-state index is 10.8. The van der Waals surface area contributed by atoms with E-state index in [-0.39, 0.29) is 6.04 Å². The van der Waals surface area contributed by atoms with Gasteiger partial charge in [-0.2, -0.15) is 0 Å². The van der Waals surface area contributed by atoms with E-state index in [2.05, 4.69) is 0 Å². The number of rotatable bonds is 4. The number of nitrogens with two attached hydrogens (primary N) is 1. The molecule has 3 N–H and O–H groups in total. The third-order valence-corrected chi connectivity index (χ3v) is 2.44. The van der Waals surface area contributed by atoms with E-state index in [1.54, 1.807) is 7.05 Å². The van der Waals surface area contributed by atoms with Crippen LogP contribution in [0.4, 0.5) is 4.79 Å². The lowest BCUT2D eigenvalue weighted by molar-refractivity contribution is 0.139. The van der Waals surface area contributed by atoms with E-state index in [9.17, 15) is 4.79 Å². The number of carboxylic acid groups (broad SMARTS) is 1. The fourth-order valence-electron chi connectivity index (χ4n) is 1.42. The smallest absolute Gasteiger partial charge is 0.407 e. The molecule has 0 fully saturated rings. The van der Waals surface area contributed by atoms with Gasteiger partial charge in [0.15, 0.2) is 0 Å². The summed E-state index contributed by atoms with van der Waals surface area (Å²) in [5.41, 5.74) is 6.65. The van der Waals surface area contributed by atoms with E-state index >= 15 is 0 Å². The van der Waals surface area contributed by atoms with Crippen molar-refractivity contribution in [3.8, 4) is 0 Å². The molecule has 4 nitrogen and oxygen atoms in total. The van der Waals surface area contributed by atoms with Crippen LogP contribution < -0.4 is 5.73 Å². The van der Waals surface area contributed by atoms with E-state index in [0.717, 1.165) is 5.56 Å². The monoisotopic (exact) mass is 208 g/mol. The fraction of sp³-hybridized carbons (Fsp3) is 0.364. The second kappa shape index (κ2) is 5.36. The Labute approximate surface area is 89.3 Å². The number of hydrogen-bond acceptors (Lipinski definition) is 2. The van der Waals surface area contributed by atoms with Gasteiger partial charge in [-0.3, -0.25) is 0 Å². The molecule has 0 aliphatic rings. The summed E-state index contributed by atoms with van der Waals surface area (Å²) in [6, 6.07) is 9.58. The minimum absolute atomic E-state index is 0.162. The Morgan fingerprint density at radius 3 is 2.53 bits per heavy atom. The largest absolute Gasteiger partial charge is 0.465 e. The lowest BCUT2D eigenvalue weighted by atomic mass is 10.1. The van der Waals surface area contributed by atoms with Crippen LogP contribution in [-0.4, -0.2) is 35.7 Å². The molecule has 82 valence electrons. The second-order valence-electron chi connectivity index (χ2n) is 3.47. The van der Waals surface area contributed by atoms with Crippen molar-refractivity contribution in [1.29, 1.82) is 0 Å². The van der Waals surface area contributed by atoms with E-state index in [4.69, 9.17) is 10.8 Å². The molecule has 1 atom stereocenters. The molecule has 0 saturated carbocycles. The summed E-state index contributed by atoms with van der Waals surface area (Å²) < 4.78 is 0. The van der Waals surface area contributed by atoms with E-state index < -0.39 is 6.09 Å². The summed E-state index contributed by atoms with van der Waals surface area (Å²) in [5, 5.41) is 8.83. The average molecular weight is 208 g/mol.